The number of hydrogen-bond acceptors (Lipinski definition) is 5. The van der Waals surface area contributed by atoms with Gasteiger partial charge in [-0.2, -0.15) is 0 Å². The number of nitrogens with zero attached hydrogens (tertiary/aromatic N) is 3. The number of nitrogens with one attached hydrogen (secondary N) is 1. The third-order valence-corrected chi connectivity index (χ3v) is 2.31. The highest BCUT2D eigenvalue weighted by atomic mass is 16.5. The van der Waals surface area contributed by atoms with Gasteiger partial charge in [-0.3, -0.25) is 0 Å². The zero-order valence-corrected chi connectivity index (χ0v) is 10.4. The number of methoxy groups -OCH3 is 1. The second-order valence-electron chi connectivity index (χ2n) is 3.68. The van der Waals surface area contributed by atoms with E-state index in [9.17, 15) is 0 Å². The third-order valence-electron chi connectivity index (χ3n) is 2.31. The first-order chi connectivity index (χ1) is 7.67. The van der Waals surface area contributed by atoms with Crippen LogP contribution in [-0.2, 0) is 4.74 Å². The second kappa shape index (κ2) is 6.27. The number of hydrogen-bond donors (Lipinski definition) is 1. The van der Waals surface area contributed by atoms with Crippen molar-refractivity contribution < 1.29 is 4.74 Å². The molecule has 0 aliphatic rings. The molecule has 1 aromatic rings. The molecule has 0 saturated carbocycles. The van der Waals surface area contributed by atoms with Crippen LogP contribution in [0.5, 0.6) is 0 Å². The molecule has 1 N–H and O–H groups in total. The van der Waals surface area contributed by atoms with Crippen LogP contribution in [0.1, 0.15) is 12.2 Å². The quantitative estimate of drug-likeness (QED) is 0.738. The lowest BCUT2D eigenvalue weighted by Crippen LogP contribution is -2.21. The largest absolute Gasteiger partial charge is 0.385 e. The molecule has 0 aliphatic carbocycles. The summed E-state index contributed by atoms with van der Waals surface area (Å²) in [5.74, 6) is 2.56. The molecule has 0 spiro atoms. The first-order valence-electron chi connectivity index (χ1n) is 5.41. The molecule has 5 heteroatoms. The van der Waals surface area contributed by atoms with E-state index in [2.05, 4.69) is 20.2 Å². The summed E-state index contributed by atoms with van der Waals surface area (Å²) < 4.78 is 5.02. The summed E-state index contributed by atoms with van der Waals surface area (Å²) in [6.45, 7) is 3.59. The highest BCUT2D eigenvalue weighted by Crippen LogP contribution is 2.14. The van der Waals surface area contributed by atoms with Gasteiger partial charge in [0.05, 0.1) is 0 Å². The van der Waals surface area contributed by atoms with E-state index in [4.69, 9.17) is 4.74 Å². The topological polar surface area (TPSA) is 50.3 Å². The number of rotatable bonds is 6. The number of ether oxygens (including phenoxy) is 1. The Morgan fingerprint density at radius 1 is 1.44 bits per heavy atom. The average molecular weight is 224 g/mol. The zero-order valence-electron chi connectivity index (χ0n) is 10.4. The summed E-state index contributed by atoms with van der Waals surface area (Å²) >= 11 is 0. The fourth-order valence-corrected chi connectivity index (χ4v) is 1.44. The van der Waals surface area contributed by atoms with Gasteiger partial charge in [0, 0.05) is 40.4 Å². The molecule has 0 unspecified atom stereocenters. The van der Waals surface area contributed by atoms with E-state index < -0.39 is 0 Å². The molecule has 0 aromatic carbocycles. The van der Waals surface area contributed by atoms with Crippen molar-refractivity contribution in [1.29, 1.82) is 0 Å². The molecule has 0 fully saturated rings. The van der Waals surface area contributed by atoms with Gasteiger partial charge in [0.2, 0.25) is 0 Å². The monoisotopic (exact) mass is 224 g/mol. The fraction of sp³-hybridized carbons (Fsp3) is 0.636. The summed E-state index contributed by atoms with van der Waals surface area (Å²) in [5, 5.41) is 3.03. The van der Waals surface area contributed by atoms with Crippen molar-refractivity contribution in [2.24, 2.45) is 0 Å². The molecule has 1 heterocycles. The Balaban J connectivity index is 2.66. The molecule has 1 aromatic heterocycles. The summed E-state index contributed by atoms with van der Waals surface area (Å²) in [6, 6.07) is 1.94. The van der Waals surface area contributed by atoms with Crippen LogP contribution in [0.25, 0.3) is 0 Å². The van der Waals surface area contributed by atoms with E-state index in [1.165, 1.54) is 0 Å². The molecule has 0 aliphatic heterocycles. The number of anilines is 2. The van der Waals surface area contributed by atoms with Crippen molar-refractivity contribution in [3.8, 4) is 0 Å². The predicted molar refractivity (Wildman–Crippen MR) is 66.1 cm³/mol. The fourth-order valence-electron chi connectivity index (χ4n) is 1.44. The van der Waals surface area contributed by atoms with E-state index in [1.807, 2.05) is 27.1 Å². The van der Waals surface area contributed by atoms with Crippen LogP contribution in [-0.4, -0.2) is 44.3 Å². The van der Waals surface area contributed by atoms with Gasteiger partial charge < -0.3 is 15.0 Å². The maximum Gasteiger partial charge on any atom is 0.134 e. The standard InChI is InChI=1S/C11H20N4O/c1-9-13-10(12-2)8-11(14-9)15(3)6-5-7-16-4/h8H,5-7H2,1-4H3,(H,12,13,14). The zero-order chi connectivity index (χ0) is 12.0. The van der Waals surface area contributed by atoms with Crippen molar-refractivity contribution in [2.45, 2.75) is 13.3 Å². The van der Waals surface area contributed by atoms with Crippen molar-refractivity contribution >= 4 is 11.6 Å². The smallest absolute Gasteiger partial charge is 0.134 e. The lowest BCUT2D eigenvalue weighted by Gasteiger charge is -2.18. The van der Waals surface area contributed by atoms with Crippen molar-refractivity contribution in [1.82, 2.24) is 9.97 Å². The minimum absolute atomic E-state index is 0.771. The van der Waals surface area contributed by atoms with Crippen LogP contribution in [0.15, 0.2) is 6.07 Å². The lowest BCUT2D eigenvalue weighted by molar-refractivity contribution is 0.196. The molecule has 0 atom stereocenters. The third kappa shape index (κ3) is 3.66. The number of aromatic nitrogens is 2. The molecule has 0 radical (unpaired) electrons. The van der Waals surface area contributed by atoms with E-state index in [0.717, 1.165) is 37.0 Å². The van der Waals surface area contributed by atoms with Crippen LogP contribution >= 0.6 is 0 Å². The van der Waals surface area contributed by atoms with Gasteiger partial charge in [-0.15, -0.1) is 0 Å². The van der Waals surface area contributed by atoms with E-state index in [0.29, 0.717) is 0 Å². The molecule has 1 rings (SSSR count). The van der Waals surface area contributed by atoms with Gasteiger partial charge in [0.25, 0.3) is 0 Å². The number of aryl methyl sites for hydroxylation is 1. The van der Waals surface area contributed by atoms with Crippen LogP contribution in [0.4, 0.5) is 11.6 Å². The lowest BCUT2D eigenvalue weighted by atomic mass is 10.4. The van der Waals surface area contributed by atoms with E-state index in [1.54, 1.807) is 7.11 Å². The Morgan fingerprint density at radius 2 is 2.19 bits per heavy atom. The molecule has 90 valence electrons. The Bertz CT molecular complexity index is 330. The molecule has 16 heavy (non-hydrogen) atoms. The maximum absolute atomic E-state index is 5.02. The molecular formula is C11H20N4O. The van der Waals surface area contributed by atoms with Gasteiger partial charge in [0.1, 0.15) is 17.5 Å². The minimum Gasteiger partial charge on any atom is -0.385 e. The van der Waals surface area contributed by atoms with Crippen molar-refractivity contribution in [2.75, 3.05) is 44.6 Å². The molecule has 5 nitrogen and oxygen atoms in total. The van der Waals surface area contributed by atoms with Gasteiger partial charge in [-0.1, -0.05) is 0 Å². The Morgan fingerprint density at radius 3 is 2.81 bits per heavy atom. The summed E-state index contributed by atoms with van der Waals surface area (Å²) in [4.78, 5) is 10.8. The van der Waals surface area contributed by atoms with Crippen LogP contribution < -0.4 is 10.2 Å². The van der Waals surface area contributed by atoms with Crippen LogP contribution in [0, 0.1) is 6.92 Å². The predicted octanol–water partition coefficient (Wildman–Crippen LogP) is 1.30. The molecule has 0 amide bonds. The summed E-state index contributed by atoms with van der Waals surface area (Å²) in [5.41, 5.74) is 0. The van der Waals surface area contributed by atoms with Crippen LogP contribution in [0.3, 0.4) is 0 Å². The average Bonchev–Trinajstić information content (AvgIpc) is 2.28. The normalized spacial score (nSPS) is 10.2. The highest BCUT2D eigenvalue weighted by molar-refractivity contribution is 5.48. The maximum atomic E-state index is 5.02. The van der Waals surface area contributed by atoms with Crippen LogP contribution in [0.2, 0.25) is 0 Å². The minimum atomic E-state index is 0.771. The van der Waals surface area contributed by atoms with Gasteiger partial charge in [0.15, 0.2) is 0 Å². The van der Waals surface area contributed by atoms with Crippen molar-refractivity contribution in [3.63, 3.8) is 0 Å². The van der Waals surface area contributed by atoms with E-state index in [-0.39, 0.29) is 0 Å². The van der Waals surface area contributed by atoms with Gasteiger partial charge >= 0.3 is 0 Å². The molecule has 0 bridgehead atoms. The SMILES string of the molecule is CNc1cc(N(C)CCCOC)nc(C)n1. The highest BCUT2D eigenvalue weighted by Gasteiger charge is 2.05. The van der Waals surface area contributed by atoms with E-state index >= 15 is 0 Å². The molecular weight excluding hydrogens is 204 g/mol. The first kappa shape index (κ1) is 12.7. The summed E-state index contributed by atoms with van der Waals surface area (Å²) in [7, 11) is 5.60. The Kier molecular flexibility index (Phi) is 4.98. The summed E-state index contributed by atoms with van der Waals surface area (Å²) in [6.07, 6.45) is 0.991. The second-order valence-corrected chi connectivity index (χ2v) is 3.68. The first-order valence-corrected chi connectivity index (χ1v) is 5.41. The Hall–Kier alpha value is -1.36. The van der Waals surface area contributed by atoms with Crippen molar-refractivity contribution in [3.05, 3.63) is 11.9 Å². The van der Waals surface area contributed by atoms with Gasteiger partial charge in [-0.05, 0) is 13.3 Å². The molecule has 0 saturated heterocycles. The van der Waals surface area contributed by atoms with Gasteiger partial charge in [-0.25, -0.2) is 9.97 Å². The Labute approximate surface area is 96.8 Å².